The third-order valence-electron chi connectivity index (χ3n) is 4.85. The van der Waals surface area contributed by atoms with Gasteiger partial charge in [-0.3, -0.25) is 0 Å². The first-order chi connectivity index (χ1) is 11.9. The van der Waals surface area contributed by atoms with Crippen molar-refractivity contribution in [3.8, 4) is 5.75 Å². The number of benzene rings is 2. The van der Waals surface area contributed by atoms with Crippen LogP contribution < -0.4 is 10.1 Å². The van der Waals surface area contributed by atoms with Crippen LogP contribution in [0.5, 0.6) is 5.75 Å². The molecule has 0 aliphatic carbocycles. The maximum atomic E-state index is 5.54. The molecule has 1 saturated heterocycles. The van der Waals surface area contributed by atoms with Crippen molar-refractivity contribution in [2.24, 2.45) is 5.92 Å². The van der Waals surface area contributed by atoms with Crippen molar-refractivity contribution in [3.63, 3.8) is 0 Å². The molecule has 24 heavy (non-hydrogen) atoms. The van der Waals surface area contributed by atoms with Crippen LogP contribution in [0, 0.1) is 5.92 Å². The van der Waals surface area contributed by atoms with E-state index in [1.165, 1.54) is 23.7 Å². The summed E-state index contributed by atoms with van der Waals surface area (Å²) in [7, 11) is 1.71. The summed E-state index contributed by atoms with van der Waals surface area (Å²) in [6.07, 6.45) is 3.83. The van der Waals surface area contributed by atoms with Crippen molar-refractivity contribution in [1.29, 1.82) is 0 Å². The molecule has 1 aromatic heterocycles. The van der Waals surface area contributed by atoms with Gasteiger partial charge >= 0.3 is 0 Å². The first kappa shape index (κ1) is 15.1. The molecule has 1 N–H and O–H groups in total. The van der Waals surface area contributed by atoms with Crippen molar-refractivity contribution in [2.75, 3.05) is 20.2 Å². The van der Waals surface area contributed by atoms with E-state index in [9.17, 15) is 0 Å². The summed E-state index contributed by atoms with van der Waals surface area (Å²) in [6, 6.07) is 12.6. The Bertz CT molecular complexity index is 811. The quantitative estimate of drug-likeness (QED) is 0.799. The van der Waals surface area contributed by atoms with Gasteiger partial charge < -0.3 is 10.1 Å². The minimum Gasteiger partial charge on any atom is -0.496 e. The maximum absolute atomic E-state index is 5.54. The Hall–Kier alpha value is -2.47. The number of hydrogen-bond donors (Lipinski definition) is 1. The molecule has 124 valence electrons. The van der Waals surface area contributed by atoms with Crippen LogP contribution >= 0.6 is 0 Å². The normalized spacial score (nSPS) is 19.3. The van der Waals surface area contributed by atoms with Crippen LogP contribution in [0.2, 0.25) is 0 Å². The summed E-state index contributed by atoms with van der Waals surface area (Å²) in [5.41, 5.74) is 1.22. The molecule has 0 bridgehead atoms. The summed E-state index contributed by atoms with van der Waals surface area (Å²) in [6.45, 7) is 2.05. The van der Waals surface area contributed by atoms with Crippen LogP contribution in [0.4, 0.5) is 0 Å². The number of rotatable bonds is 4. The van der Waals surface area contributed by atoms with Crippen LogP contribution in [0.1, 0.15) is 24.4 Å². The zero-order valence-electron chi connectivity index (χ0n) is 13.7. The molecule has 4 rings (SSSR count). The number of fused-ring (bicyclic) bond motifs is 1. The molecule has 0 saturated carbocycles. The van der Waals surface area contributed by atoms with Gasteiger partial charge in [-0.15, -0.1) is 10.2 Å². The Morgan fingerprint density at radius 3 is 2.79 bits per heavy atom. The second-order valence-electron chi connectivity index (χ2n) is 6.21. The molecule has 0 amide bonds. The number of ether oxygens (including phenoxy) is 1. The third-order valence-corrected chi connectivity index (χ3v) is 4.85. The highest BCUT2D eigenvalue weighted by molar-refractivity contribution is 5.91. The molecule has 1 aliphatic heterocycles. The third kappa shape index (κ3) is 2.63. The standard InChI is InChI=1S/C18H21N5O/c1-24-17-9-8-16(14-6-2-3-7-15(14)17)18(23-21-12-20-22-23)13-5-4-10-19-11-13/h2-3,6-9,12-13,18-19H,4-5,10-11H2,1H3/t13-,18-/m0/s1. The lowest BCUT2D eigenvalue weighted by atomic mass is 9.85. The Kier molecular flexibility index (Phi) is 4.13. The van der Waals surface area contributed by atoms with E-state index in [1.807, 2.05) is 12.1 Å². The molecule has 3 aromatic rings. The second-order valence-corrected chi connectivity index (χ2v) is 6.21. The predicted molar refractivity (Wildman–Crippen MR) is 92.0 cm³/mol. The minimum atomic E-state index is 0.0658. The van der Waals surface area contributed by atoms with Crippen molar-refractivity contribution in [3.05, 3.63) is 48.3 Å². The molecule has 1 fully saturated rings. The Morgan fingerprint density at radius 2 is 2.08 bits per heavy atom. The fraction of sp³-hybridized carbons (Fsp3) is 0.389. The average molecular weight is 323 g/mol. The van der Waals surface area contributed by atoms with Gasteiger partial charge in [0, 0.05) is 11.9 Å². The highest BCUT2D eigenvalue weighted by atomic mass is 16.5. The fourth-order valence-electron chi connectivity index (χ4n) is 3.75. The lowest BCUT2D eigenvalue weighted by molar-refractivity contribution is 0.262. The van der Waals surface area contributed by atoms with Crippen molar-refractivity contribution in [2.45, 2.75) is 18.9 Å². The summed E-state index contributed by atoms with van der Waals surface area (Å²) < 4.78 is 5.54. The molecule has 2 atom stereocenters. The van der Waals surface area contributed by atoms with Gasteiger partial charge in [-0.2, -0.15) is 4.80 Å². The molecule has 1 aliphatic rings. The van der Waals surface area contributed by atoms with Crippen LogP contribution in [0.25, 0.3) is 10.8 Å². The van der Waals surface area contributed by atoms with E-state index in [2.05, 4.69) is 45.0 Å². The number of methoxy groups -OCH3 is 1. The van der Waals surface area contributed by atoms with Gasteiger partial charge in [-0.25, -0.2) is 0 Å². The summed E-state index contributed by atoms with van der Waals surface area (Å²) in [5.74, 6) is 1.33. The molecule has 0 unspecified atom stereocenters. The van der Waals surface area contributed by atoms with Gasteiger partial charge in [-0.05, 0) is 47.5 Å². The van der Waals surface area contributed by atoms with E-state index in [1.54, 1.807) is 11.9 Å². The maximum Gasteiger partial charge on any atom is 0.162 e. The number of nitrogens with one attached hydrogen (secondary N) is 1. The molecule has 6 heteroatoms. The van der Waals surface area contributed by atoms with Crippen LogP contribution in [-0.2, 0) is 0 Å². The van der Waals surface area contributed by atoms with Crippen LogP contribution in [-0.4, -0.2) is 40.4 Å². The van der Waals surface area contributed by atoms with Crippen LogP contribution in [0.15, 0.2) is 42.7 Å². The largest absolute Gasteiger partial charge is 0.496 e. The SMILES string of the molecule is COc1ccc([C@H]([C@H]2CCCNC2)n2ncnn2)c2ccccc12. The van der Waals surface area contributed by atoms with Gasteiger partial charge in [-0.1, -0.05) is 30.3 Å². The van der Waals surface area contributed by atoms with E-state index in [0.717, 1.165) is 30.6 Å². The number of aromatic nitrogens is 4. The molecule has 0 spiro atoms. The van der Waals surface area contributed by atoms with Crippen molar-refractivity contribution < 1.29 is 4.74 Å². The summed E-state index contributed by atoms with van der Waals surface area (Å²) >= 11 is 0. The molecule has 0 radical (unpaired) electrons. The number of piperidine rings is 1. The number of nitrogens with zero attached hydrogens (tertiary/aromatic N) is 4. The first-order valence-electron chi connectivity index (χ1n) is 8.37. The molecular weight excluding hydrogens is 302 g/mol. The van der Waals surface area contributed by atoms with E-state index in [4.69, 9.17) is 4.74 Å². The topological polar surface area (TPSA) is 64.9 Å². The number of hydrogen-bond acceptors (Lipinski definition) is 5. The monoisotopic (exact) mass is 323 g/mol. The zero-order chi connectivity index (χ0) is 16.4. The zero-order valence-corrected chi connectivity index (χ0v) is 13.7. The van der Waals surface area contributed by atoms with E-state index in [0.29, 0.717) is 5.92 Å². The van der Waals surface area contributed by atoms with Gasteiger partial charge in [0.25, 0.3) is 0 Å². The van der Waals surface area contributed by atoms with Gasteiger partial charge in [0.2, 0.25) is 0 Å². The average Bonchev–Trinajstić information content (AvgIpc) is 3.17. The molecule has 6 nitrogen and oxygen atoms in total. The van der Waals surface area contributed by atoms with E-state index >= 15 is 0 Å². The van der Waals surface area contributed by atoms with Crippen molar-refractivity contribution >= 4 is 10.8 Å². The smallest absolute Gasteiger partial charge is 0.162 e. The van der Waals surface area contributed by atoms with Crippen molar-refractivity contribution in [1.82, 2.24) is 25.5 Å². The summed E-state index contributed by atoms with van der Waals surface area (Å²) in [5, 5.41) is 18.3. The second kappa shape index (κ2) is 6.57. The fourth-order valence-corrected chi connectivity index (χ4v) is 3.75. The Labute approximate surface area is 140 Å². The highest BCUT2D eigenvalue weighted by Crippen LogP contribution is 2.37. The minimum absolute atomic E-state index is 0.0658. The summed E-state index contributed by atoms with van der Waals surface area (Å²) in [4.78, 5) is 1.76. The van der Waals surface area contributed by atoms with E-state index in [-0.39, 0.29) is 6.04 Å². The molecule has 2 heterocycles. The van der Waals surface area contributed by atoms with Gasteiger partial charge in [0.1, 0.15) is 11.8 Å². The van der Waals surface area contributed by atoms with Gasteiger partial charge in [0.15, 0.2) is 6.33 Å². The Balaban J connectivity index is 1.88. The highest BCUT2D eigenvalue weighted by Gasteiger charge is 2.29. The van der Waals surface area contributed by atoms with E-state index < -0.39 is 0 Å². The van der Waals surface area contributed by atoms with Gasteiger partial charge in [0.05, 0.1) is 7.11 Å². The van der Waals surface area contributed by atoms with Crippen LogP contribution in [0.3, 0.4) is 0 Å². The lowest BCUT2D eigenvalue weighted by Crippen LogP contribution is -2.36. The first-order valence-corrected chi connectivity index (χ1v) is 8.37. The molecular formula is C18H21N5O. The predicted octanol–water partition coefficient (Wildman–Crippen LogP) is 2.42. The number of tetrazole rings is 1. The molecule has 2 aromatic carbocycles. The Morgan fingerprint density at radius 1 is 1.21 bits per heavy atom. The lowest BCUT2D eigenvalue weighted by Gasteiger charge is -2.31.